The SMILES string of the molecule is C=C(OC)[C@@]1(O)CC[C@H]2[C@@H]3CCC4=CC(=O)CC[C@]4(C)[C@H]3[C@@H](O)C[C@@]21C. The number of carbonyl (C=O) groups is 1. The van der Waals surface area contributed by atoms with E-state index in [-0.39, 0.29) is 17.1 Å². The van der Waals surface area contributed by atoms with Crippen LogP contribution in [0.3, 0.4) is 0 Å². The number of carbonyl (C=O) groups excluding carboxylic acids is 1. The molecule has 3 fully saturated rings. The summed E-state index contributed by atoms with van der Waals surface area (Å²) in [6, 6.07) is 0. The van der Waals surface area contributed by atoms with Gasteiger partial charge < -0.3 is 14.9 Å². The molecular weight excluding hydrogens is 328 g/mol. The molecule has 0 heterocycles. The molecule has 0 bridgehead atoms. The first-order valence-electron chi connectivity index (χ1n) is 10.0. The zero-order valence-electron chi connectivity index (χ0n) is 16.3. The van der Waals surface area contributed by atoms with Crippen molar-refractivity contribution in [1.82, 2.24) is 0 Å². The van der Waals surface area contributed by atoms with Crippen LogP contribution in [0.4, 0.5) is 0 Å². The Balaban J connectivity index is 1.74. The van der Waals surface area contributed by atoms with E-state index in [1.54, 1.807) is 7.11 Å². The first kappa shape index (κ1) is 18.2. The van der Waals surface area contributed by atoms with Crippen molar-refractivity contribution in [2.75, 3.05) is 7.11 Å². The number of methoxy groups -OCH3 is 1. The molecule has 3 saturated carbocycles. The van der Waals surface area contributed by atoms with Gasteiger partial charge in [0.05, 0.1) is 13.2 Å². The zero-order chi connectivity index (χ0) is 18.9. The topological polar surface area (TPSA) is 66.8 Å². The van der Waals surface area contributed by atoms with Gasteiger partial charge in [-0.2, -0.15) is 0 Å². The summed E-state index contributed by atoms with van der Waals surface area (Å²) in [6.07, 6.45) is 6.89. The third-order valence-electron chi connectivity index (χ3n) is 8.76. The van der Waals surface area contributed by atoms with Gasteiger partial charge in [0, 0.05) is 11.8 Å². The average molecular weight is 360 g/mol. The van der Waals surface area contributed by atoms with Crippen LogP contribution in [0.1, 0.15) is 58.8 Å². The molecule has 144 valence electrons. The Labute approximate surface area is 156 Å². The Morgan fingerprint density at radius 1 is 1.27 bits per heavy atom. The van der Waals surface area contributed by atoms with Crippen LogP contribution in [0, 0.1) is 28.6 Å². The highest BCUT2D eigenvalue weighted by Gasteiger charge is 2.67. The molecule has 0 unspecified atom stereocenters. The van der Waals surface area contributed by atoms with Crippen molar-refractivity contribution in [1.29, 1.82) is 0 Å². The van der Waals surface area contributed by atoms with Gasteiger partial charge in [-0.15, -0.1) is 0 Å². The Bertz CT molecular complexity index is 682. The van der Waals surface area contributed by atoms with Crippen molar-refractivity contribution in [3.63, 3.8) is 0 Å². The van der Waals surface area contributed by atoms with E-state index in [9.17, 15) is 15.0 Å². The van der Waals surface area contributed by atoms with Gasteiger partial charge in [-0.3, -0.25) is 4.79 Å². The summed E-state index contributed by atoms with van der Waals surface area (Å²) < 4.78 is 5.37. The van der Waals surface area contributed by atoms with Crippen LogP contribution in [0.15, 0.2) is 24.0 Å². The monoisotopic (exact) mass is 360 g/mol. The lowest BCUT2D eigenvalue weighted by Gasteiger charge is -2.60. The summed E-state index contributed by atoms with van der Waals surface area (Å²) in [6.45, 7) is 8.35. The number of ether oxygens (including phenoxy) is 1. The lowest BCUT2D eigenvalue weighted by Crippen LogP contribution is -2.60. The Kier molecular flexibility index (Phi) is 3.99. The van der Waals surface area contributed by atoms with Crippen LogP contribution < -0.4 is 0 Å². The molecule has 0 aromatic rings. The van der Waals surface area contributed by atoms with Crippen molar-refractivity contribution in [3.05, 3.63) is 24.0 Å². The fourth-order valence-electron chi connectivity index (χ4n) is 7.32. The molecule has 4 aliphatic carbocycles. The summed E-state index contributed by atoms with van der Waals surface area (Å²) in [5.41, 5.74) is -0.329. The quantitative estimate of drug-likeness (QED) is 0.741. The molecule has 0 aromatic heterocycles. The smallest absolute Gasteiger partial charge is 0.155 e. The minimum Gasteiger partial charge on any atom is -0.499 e. The molecule has 7 atom stereocenters. The lowest BCUT2D eigenvalue weighted by atomic mass is 9.45. The molecule has 0 aliphatic heterocycles. The summed E-state index contributed by atoms with van der Waals surface area (Å²) in [5.74, 6) is 1.56. The highest BCUT2D eigenvalue weighted by molar-refractivity contribution is 5.91. The summed E-state index contributed by atoms with van der Waals surface area (Å²) >= 11 is 0. The van der Waals surface area contributed by atoms with E-state index in [1.165, 1.54) is 5.57 Å². The van der Waals surface area contributed by atoms with Crippen LogP contribution in [0.25, 0.3) is 0 Å². The second kappa shape index (κ2) is 5.68. The van der Waals surface area contributed by atoms with Crippen LogP contribution in [-0.4, -0.2) is 34.8 Å². The normalized spacial score (nSPS) is 50.3. The second-order valence-electron chi connectivity index (χ2n) is 9.60. The first-order valence-corrected chi connectivity index (χ1v) is 10.0. The van der Waals surface area contributed by atoms with Crippen molar-refractivity contribution < 1.29 is 19.7 Å². The molecule has 2 N–H and O–H groups in total. The third kappa shape index (κ3) is 2.12. The lowest BCUT2D eigenvalue weighted by molar-refractivity contribution is -0.169. The second-order valence-corrected chi connectivity index (χ2v) is 9.60. The fourth-order valence-corrected chi connectivity index (χ4v) is 7.32. The van der Waals surface area contributed by atoms with E-state index < -0.39 is 17.1 Å². The van der Waals surface area contributed by atoms with Crippen LogP contribution in [-0.2, 0) is 9.53 Å². The number of hydrogen-bond acceptors (Lipinski definition) is 4. The first-order chi connectivity index (χ1) is 12.2. The average Bonchev–Trinajstić information content (AvgIpc) is 2.86. The van der Waals surface area contributed by atoms with Gasteiger partial charge >= 0.3 is 0 Å². The molecule has 4 aliphatic rings. The zero-order valence-corrected chi connectivity index (χ0v) is 16.3. The van der Waals surface area contributed by atoms with E-state index in [0.29, 0.717) is 36.9 Å². The van der Waals surface area contributed by atoms with Crippen molar-refractivity contribution in [3.8, 4) is 0 Å². The van der Waals surface area contributed by atoms with Crippen LogP contribution >= 0.6 is 0 Å². The highest BCUT2D eigenvalue weighted by Crippen LogP contribution is 2.68. The molecule has 0 saturated heterocycles. The van der Waals surface area contributed by atoms with E-state index in [4.69, 9.17) is 4.74 Å². The molecular formula is C22H32O4. The van der Waals surface area contributed by atoms with E-state index in [1.807, 2.05) is 6.08 Å². The summed E-state index contributed by atoms with van der Waals surface area (Å²) in [4.78, 5) is 11.9. The molecule has 0 aromatic carbocycles. The molecule has 4 heteroatoms. The van der Waals surface area contributed by atoms with Gasteiger partial charge in [-0.1, -0.05) is 26.0 Å². The predicted octanol–water partition coefficient (Wildman–Crippen LogP) is 3.38. The van der Waals surface area contributed by atoms with E-state index in [2.05, 4.69) is 20.4 Å². The standard InChI is InChI=1S/C22H32O4/c1-13(26-4)22(25)10-8-17-16-6-5-14-11-15(23)7-9-20(14,2)19(16)18(24)12-21(17,22)3/h11,16-19,24-25H,1,5-10,12H2,2-4H3/t16-,17-,18-,19+,20-,21-,22-/m0/s1. The Hall–Kier alpha value is -1.13. The van der Waals surface area contributed by atoms with Gasteiger partial charge in [0.2, 0.25) is 0 Å². The summed E-state index contributed by atoms with van der Waals surface area (Å²) in [7, 11) is 1.57. The molecule has 4 rings (SSSR count). The number of aliphatic hydroxyl groups excluding tert-OH is 1. The molecule has 0 spiro atoms. The van der Waals surface area contributed by atoms with E-state index in [0.717, 1.165) is 25.7 Å². The largest absolute Gasteiger partial charge is 0.499 e. The van der Waals surface area contributed by atoms with Gasteiger partial charge in [0.15, 0.2) is 5.78 Å². The molecule has 0 radical (unpaired) electrons. The number of fused-ring (bicyclic) bond motifs is 5. The maximum atomic E-state index is 11.9. The van der Waals surface area contributed by atoms with E-state index >= 15 is 0 Å². The van der Waals surface area contributed by atoms with Crippen LogP contribution in [0.5, 0.6) is 0 Å². The Morgan fingerprint density at radius 2 is 2.00 bits per heavy atom. The number of hydrogen-bond donors (Lipinski definition) is 2. The maximum Gasteiger partial charge on any atom is 0.155 e. The fraction of sp³-hybridized carbons (Fsp3) is 0.773. The number of allylic oxidation sites excluding steroid dienone is 1. The third-order valence-corrected chi connectivity index (χ3v) is 8.76. The van der Waals surface area contributed by atoms with Crippen molar-refractivity contribution in [2.24, 2.45) is 28.6 Å². The van der Waals surface area contributed by atoms with Crippen molar-refractivity contribution in [2.45, 2.75) is 70.5 Å². The summed E-state index contributed by atoms with van der Waals surface area (Å²) in [5, 5.41) is 22.7. The molecule has 26 heavy (non-hydrogen) atoms. The van der Waals surface area contributed by atoms with Gasteiger partial charge in [0.25, 0.3) is 0 Å². The number of ketones is 1. The molecule has 0 amide bonds. The minimum absolute atomic E-state index is 0.0868. The highest BCUT2D eigenvalue weighted by atomic mass is 16.5. The van der Waals surface area contributed by atoms with Gasteiger partial charge in [-0.05, 0) is 67.8 Å². The van der Waals surface area contributed by atoms with Gasteiger partial charge in [-0.25, -0.2) is 0 Å². The predicted molar refractivity (Wildman–Crippen MR) is 99.2 cm³/mol. The van der Waals surface area contributed by atoms with Gasteiger partial charge in [0.1, 0.15) is 11.4 Å². The number of aliphatic hydroxyl groups is 2. The van der Waals surface area contributed by atoms with Crippen molar-refractivity contribution >= 4 is 5.78 Å². The Morgan fingerprint density at radius 3 is 2.69 bits per heavy atom. The molecule has 4 nitrogen and oxygen atoms in total. The number of rotatable bonds is 2. The minimum atomic E-state index is -1.07. The van der Waals surface area contributed by atoms with Crippen LogP contribution in [0.2, 0.25) is 0 Å². The maximum absolute atomic E-state index is 11.9.